The van der Waals surface area contributed by atoms with E-state index in [-0.39, 0.29) is 11.5 Å². The lowest BCUT2D eigenvalue weighted by atomic mass is 10.1. The van der Waals surface area contributed by atoms with Crippen LogP contribution in [0.5, 0.6) is 0 Å². The molecule has 0 atom stereocenters. The van der Waals surface area contributed by atoms with Gasteiger partial charge in [-0.15, -0.1) is 0 Å². The Kier molecular flexibility index (Phi) is 4.80. The van der Waals surface area contributed by atoms with Crippen LogP contribution in [0.25, 0.3) is 0 Å². The summed E-state index contributed by atoms with van der Waals surface area (Å²) in [5.74, 6) is -1.35. The number of carbonyl (C=O) groups is 2. The molecule has 2 rings (SSSR count). The molecule has 4 nitrogen and oxygen atoms in total. The number of benzene rings is 2. The first-order chi connectivity index (χ1) is 9.86. The van der Waals surface area contributed by atoms with Crippen molar-refractivity contribution in [2.75, 3.05) is 5.32 Å². The average Bonchev–Trinajstić information content (AvgIpc) is 2.41. The van der Waals surface area contributed by atoms with Crippen molar-refractivity contribution in [2.24, 2.45) is 0 Å². The zero-order valence-electron chi connectivity index (χ0n) is 11.0. The minimum Gasteiger partial charge on any atom is -0.478 e. The first kappa shape index (κ1) is 15.7. The Morgan fingerprint density at radius 2 is 1.76 bits per heavy atom. The van der Waals surface area contributed by atoms with Gasteiger partial charge in [0.2, 0.25) is 0 Å². The average molecular weight is 413 g/mol. The van der Waals surface area contributed by atoms with Gasteiger partial charge in [0.15, 0.2) is 0 Å². The predicted molar refractivity (Wildman–Crippen MR) is 87.9 cm³/mol. The molecule has 0 aliphatic rings. The van der Waals surface area contributed by atoms with Gasteiger partial charge in [-0.25, -0.2) is 4.79 Å². The number of amides is 1. The lowest BCUT2D eigenvalue weighted by Gasteiger charge is -2.08. The quantitative estimate of drug-likeness (QED) is 0.781. The molecule has 21 heavy (non-hydrogen) atoms. The highest BCUT2D eigenvalue weighted by molar-refractivity contribution is 9.10. The van der Waals surface area contributed by atoms with E-state index < -0.39 is 5.97 Å². The second-order valence-electron chi connectivity index (χ2n) is 4.45. The minimum absolute atomic E-state index is 0.102. The molecule has 2 N–H and O–H groups in total. The van der Waals surface area contributed by atoms with Gasteiger partial charge in [0.25, 0.3) is 5.91 Å². The van der Waals surface area contributed by atoms with E-state index >= 15 is 0 Å². The first-order valence-electron chi connectivity index (χ1n) is 5.98. The van der Waals surface area contributed by atoms with Crippen LogP contribution in [0, 0.1) is 6.92 Å². The van der Waals surface area contributed by atoms with Crippen LogP contribution in [0.2, 0.25) is 0 Å². The van der Waals surface area contributed by atoms with Crippen molar-refractivity contribution in [1.29, 1.82) is 0 Å². The normalized spacial score (nSPS) is 10.2. The Morgan fingerprint density at radius 1 is 1.05 bits per heavy atom. The van der Waals surface area contributed by atoms with Gasteiger partial charge < -0.3 is 10.4 Å². The molecule has 0 unspecified atom stereocenters. The number of hydrogen-bond acceptors (Lipinski definition) is 2. The van der Waals surface area contributed by atoms with Gasteiger partial charge in [-0.2, -0.15) is 0 Å². The molecular formula is C15H11Br2NO3. The van der Waals surface area contributed by atoms with Crippen LogP contribution in [0.4, 0.5) is 5.69 Å². The van der Waals surface area contributed by atoms with E-state index in [1.54, 1.807) is 18.2 Å². The summed E-state index contributed by atoms with van der Waals surface area (Å²) in [7, 11) is 0. The molecule has 0 aliphatic carbocycles. The number of carbonyl (C=O) groups excluding carboxylic acids is 1. The van der Waals surface area contributed by atoms with E-state index in [0.717, 1.165) is 10.0 Å². The molecule has 108 valence electrons. The van der Waals surface area contributed by atoms with E-state index in [9.17, 15) is 9.59 Å². The van der Waals surface area contributed by atoms with Crippen molar-refractivity contribution in [3.63, 3.8) is 0 Å². The number of carboxylic acids is 1. The van der Waals surface area contributed by atoms with Crippen LogP contribution in [-0.2, 0) is 0 Å². The van der Waals surface area contributed by atoms with Crippen LogP contribution < -0.4 is 5.32 Å². The second kappa shape index (κ2) is 6.41. The molecule has 0 aliphatic heterocycles. The van der Waals surface area contributed by atoms with E-state index in [4.69, 9.17) is 5.11 Å². The maximum atomic E-state index is 12.2. The molecular weight excluding hydrogens is 402 g/mol. The molecule has 0 fully saturated rings. The standard InChI is InChI=1S/C15H11Br2NO3/c1-8-2-3-9(6-13(8)17)14(19)18-12-5-10(15(20)21)4-11(16)7-12/h2-7H,1H3,(H,18,19)(H,20,21). The second-order valence-corrected chi connectivity index (χ2v) is 6.22. The lowest BCUT2D eigenvalue weighted by Crippen LogP contribution is -2.12. The molecule has 1 amide bonds. The Labute approximate surface area is 138 Å². The van der Waals surface area contributed by atoms with Gasteiger partial charge in [-0.05, 0) is 42.8 Å². The van der Waals surface area contributed by atoms with Gasteiger partial charge >= 0.3 is 5.97 Å². The number of hydrogen-bond donors (Lipinski definition) is 2. The molecule has 0 spiro atoms. The van der Waals surface area contributed by atoms with Crippen LogP contribution in [0.3, 0.4) is 0 Å². The van der Waals surface area contributed by atoms with Crippen molar-refractivity contribution in [3.05, 3.63) is 62.0 Å². The van der Waals surface area contributed by atoms with Gasteiger partial charge in [-0.1, -0.05) is 37.9 Å². The van der Waals surface area contributed by atoms with Crippen LogP contribution in [0.15, 0.2) is 45.3 Å². The van der Waals surface area contributed by atoms with E-state index in [0.29, 0.717) is 15.7 Å². The SMILES string of the molecule is Cc1ccc(C(=O)Nc2cc(Br)cc(C(=O)O)c2)cc1Br. The van der Waals surface area contributed by atoms with E-state index in [1.807, 2.05) is 13.0 Å². The number of anilines is 1. The summed E-state index contributed by atoms with van der Waals surface area (Å²) in [6, 6.07) is 9.80. The Bertz CT molecular complexity index is 729. The summed E-state index contributed by atoms with van der Waals surface area (Å²) in [5.41, 5.74) is 2.04. The molecule has 2 aromatic carbocycles. The number of nitrogens with one attached hydrogen (secondary N) is 1. The zero-order chi connectivity index (χ0) is 15.6. The molecule has 6 heteroatoms. The lowest BCUT2D eigenvalue weighted by molar-refractivity contribution is 0.0696. The van der Waals surface area contributed by atoms with Crippen molar-refractivity contribution >= 4 is 49.4 Å². The molecule has 0 aromatic heterocycles. The van der Waals surface area contributed by atoms with Crippen LogP contribution >= 0.6 is 31.9 Å². The molecule has 0 bridgehead atoms. The Hall–Kier alpha value is -1.66. The Morgan fingerprint density at radius 3 is 2.38 bits per heavy atom. The molecule has 0 radical (unpaired) electrons. The highest BCUT2D eigenvalue weighted by Gasteiger charge is 2.11. The monoisotopic (exact) mass is 411 g/mol. The fourth-order valence-corrected chi connectivity index (χ4v) is 2.59. The maximum Gasteiger partial charge on any atom is 0.335 e. The maximum absolute atomic E-state index is 12.2. The summed E-state index contributed by atoms with van der Waals surface area (Å²) in [6.07, 6.45) is 0. The summed E-state index contributed by atoms with van der Waals surface area (Å²) in [6.45, 7) is 1.93. The van der Waals surface area contributed by atoms with Crippen molar-refractivity contribution in [1.82, 2.24) is 0 Å². The number of halogens is 2. The fraction of sp³-hybridized carbons (Fsp3) is 0.0667. The predicted octanol–water partition coefficient (Wildman–Crippen LogP) is 4.47. The number of rotatable bonds is 3. The van der Waals surface area contributed by atoms with Crippen LogP contribution in [0.1, 0.15) is 26.3 Å². The van der Waals surface area contributed by atoms with Gasteiger partial charge in [0.05, 0.1) is 5.56 Å². The van der Waals surface area contributed by atoms with E-state index in [1.165, 1.54) is 12.1 Å². The van der Waals surface area contributed by atoms with Gasteiger partial charge in [0, 0.05) is 20.2 Å². The third-order valence-electron chi connectivity index (χ3n) is 2.84. The highest BCUT2D eigenvalue weighted by Crippen LogP contribution is 2.22. The summed E-state index contributed by atoms with van der Waals surface area (Å²) < 4.78 is 1.43. The molecule has 0 saturated heterocycles. The summed E-state index contributed by atoms with van der Waals surface area (Å²) >= 11 is 6.60. The largest absolute Gasteiger partial charge is 0.478 e. The third kappa shape index (κ3) is 3.92. The minimum atomic E-state index is -1.05. The number of aromatic carboxylic acids is 1. The molecule has 2 aromatic rings. The van der Waals surface area contributed by atoms with Gasteiger partial charge in [0.1, 0.15) is 0 Å². The van der Waals surface area contributed by atoms with Crippen molar-refractivity contribution in [3.8, 4) is 0 Å². The topological polar surface area (TPSA) is 66.4 Å². The fourth-order valence-electron chi connectivity index (χ4n) is 1.72. The van der Waals surface area contributed by atoms with Crippen molar-refractivity contribution < 1.29 is 14.7 Å². The van der Waals surface area contributed by atoms with Crippen LogP contribution in [-0.4, -0.2) is 17.0 Å². The molecule has 0 saturated carbocycles. The number of carboxylic acid groups (broad SMARTS) is 1. The highest BCUT2D eigenvalue weighted by atomic mass is 79.9. The smallest absolute Gasteiger partial charge is 0.335 e. The Balaban J connectivity index is 2.27. The molecule has 0 heterocycles. The van der Waals surface area contributed by atoms with Crippen molar-refractivity contribution in [2.45, 2.75) is 6.92 Å². The number of aryl methyl sites for hydroxylation is 1. The first-order valence-corrected chi connectivity index (χ1v) is 7.57. The summed E-state index contributed by atoms with van der Waals surface area (Å²) in [5, 5.41) is 11.7. The third-order valence-corrected chi connectivity index (χ3v) is 4.15. The summed E-state index contributed by atoms with van der Waals surface area (Å²) in [4.78, 5) is 23.2. The van der Waals surface area contributed by atoms with Gasteiger partial charge in [-0.3, -0.25) is 4.79 Å². The van der Waals surface area contributed by atoms with E-state index in [2.05, 4.69) is 37.2 Å². The zero-order valence-corrected chi connectivity index (χ0v) is 14.2.